The summed E-state index contributed by atoms with van der Waals surface area (Å²) in [6, 6.07) is 13.3. The van der Waals surface area contributed by atoms with E-state index in [1.165, 1.54) is 5.56 Å². The highest BCUT2D eigenvalue weighted by Gasteiger charge is 2.06. The zero-order valence-corrected chi connectivity index (χ0v) is 14.4. The van der Waals surface area contributed by atoms with Gasteiger partial charge in [0.1, 0.15) is 0 Å². The molecule has 3 aromatic rings. The number of hydrogen-bond donors (Lipinski definition) is 2. The molecule has 0 aliphatic heterocycles. The van der Waals surface area contributed by atoms with E-state index in [9.17, 15) is 0 Å². The lowest BCUT2D eigenvalue weighted by Crippen LogP contribution is -2.02. The summed E-state index contributed by atoms with van der Waals surface area (Å²) in [4.78, 5) is 4.38. The monoisotopic (exact) mass is 359 g/mol. The van der Waals surface area contributed by atoms with Gasteiger partial charge in [-0.25, -0.2) is 0 Å². The van der Waals surface area contributed by atoms with Crippen LogP contribution in [0.15, 0.2) is 48.7 Å². The van der Waals surface area contributed by atoms with Crippen molar-refractivity contribution in [2.45, 2.75) is 13.3 Å². The van der Waals surface area contributed by atoms with E-state index in [0.29, 0.717) is 27.5 Å². The number of nitrogens with zero attached hydrogens (tertiary/aromatic N) is 3. The molecule has 0 saturated heterocycles. The second-order valence-electron chi connectivity index (χ2n) is 5.09. The first-order valence-corrected chi connectivity index (χ1v) is 8.17. The number of nitrogens with one attached hydrogen (secondary N) is 2. The lowest BCUT2D eigenvalue weighted by molar-refractivity contribution is 0.982. The molecule has 0 amide bonds. The van der Waals surface area contributed by atoms with Crippen molar-refractivity contribution in [1.29, 1.82) is 0 Å². The number of hydrogen-bond acceptors (Lipinski definition) is 5. The molecule has 3 rings (SSSR count). The molecule has 0 aliphatic rings. The van der Waals surface area contributed by atoms with E-state index in [-0.39, 0.29) is 0 Å². The zero-order valence-electron chi connectivity index (χ0n) is 12.9. The molecule has 0 atom stereocenters. The van der Waals surface area contributed by atoms with E-state index in [0.717, 1.165) is 12.1 Å². The number of halogens is 2. The van der Waals surface area contributed by atoms with Crippen molar-refractivity contribution in [3.05, 3.63) is 64.3 Å². The maximum atomic E-state index is 6.13. The van der Waals surface area contributed by atoms with E-state index in [1.54, 1.807) is 24.4 Å². The van der Waals surface area contributed by atoms with Gasteiger partial charge in [0.05, 0.1) is 16.9 Å². The highest BCUT2D eigenvalue weighted by Crippen LogP contribution is 2.27. The third-order valence-corrected chi connectivity index (χ3v) is 3.93. The van der Waals surface area contributed by atoms with Gasteiger partial charge in [-0.1, -0.05) is 42.3 Å². The second-order valence-corrected chi connectivity index (χ2v) is 5.93. The Balaban J connectivity index is 1.77. The zero-order chi connectivity index (χ0) is 16.9. The van der Waals surface area contributed by atoms with Crippen LogP contribution in [-0.2, 0) is 6.42 Å². The number of aromatic nitrogens is 3. The SMILES string of the molecule is CCc1ccc(Nc2cnnc(Nc3cc(Cl)ccc3Cl)n2)cc1. The van der Waals surface area contributed by atoms with Crippen molar-refractivity contribution in [3.8, 4) is 0 Å². The maximum Gasteiger partial charge on any atom is 0.249 e. The van der Waals surface area contributed by atoms with Crippen LogP contribution >= 0.6 is 23.2 Å². The Morgan fingerprint density at radius 1 is 1.00 bits per heavy atom. The second kappa shape index (κ2) is 7.47. The van der Waals surface area contributed by atoms with E-state index in [4.69, 9.17) is 23.2 Å². The summed E-state index contributed by atoms with van der Waals surface area (Å²) in [5.41, 5.74) is 2.83. The minimum atomic E-state index is 0.328. The topological polar surface area (TPSA) is 62.7 Å². The van der Waals surface area contributed by atoms with Crippen LogP contribution in [0.3, 0.4) is 0 Å². The first kappa shape index (κ1) is 16.5. The third-order valence-electron chi connectivity index (χ3n) is 3.37. The lowest BCUT2D eigenvalue weighted by atomic mass is 10.1. The molecule has 0 radical (unpaired) electrons. The van der Waals surface area contributed by atoms with Crippen molar-refractivity contribution in [3.63, 3.8) is 0 Å². The predicted octanol–water partition coefficient (Wildman–Crippen LogP) is 5.23. The van der Waals surface area contributed by atoms with Gasteiger partial charge in [0.15, 0.2) is 5.82 Å². The summed E-state index contributed by atoms with van der Waals surface area (Å²) >= 11 is 12.1. The van der Waals surface area contributed by atoms with Crippen LogP contribution < -0.4 is 10.6 Å². The van der Waals surface area contributed by atoms with Crippen molar-refractivity contribution in [2.75, 3.05) is 10.6 Å². The number of benzene rings is 2. The van der Waals surface area contributed by atoms with Crippen LogP contribution in [0.1, 0.15) is 12.5 Å². The Labute approximate surface area is 150 Å². The van der Waals surface area contributed by atoms with E-state index in [1.807, 2.05) is 12.1 Å². The Morgan fingerprint density at radius 3 is 2.54 bits per heavy atom. The van der Waals surface area contributed by atoms with E-state index in [2.05, 4.69) is 44.9 Å². The first-order chi connectivity index (χ1) is 11.6. The van der Waals surface area contributed by atoms with Gasteiger partial charge in [-0.15, -0.1) is 5.10 Å². The molecule has 0 unspecified atom stereocenters. The van der Waals surface area contributed by atoms with Crippen LogP contribution in [0.2, 0.25) is 10.0 Å². The molecule has 24 heavy (non-hydrogen) atoms. The van der Waals surface area contributed by atoms with Gasteiger partial charge in [-0.2, -0.15) is 10.1 Å². The molecule has 0 spiro atoms. The van der Waals surface area contributed by atoms with Gasteiger partial charge in [0.2, 0.25) is 5.95 Å². The Hall–Kier alpha value is -2.37. The van der Waals surface area contributed by atoms with Crippen LogP contribution in [0.5, 0.6) is 0 Å². The molecular formula is C17H15Cl2N5. The summed E-state index contributed by atoms with van der Waals surface area (Å²) in [7, 11) is 0. The standard InChI is InChI=1S/C17H15Cl2N5/c1-2-11-3-6-13(7-4-11)21-16-10-20-24-17(23-16)22-15-9-12(18)5-8-14(15)19/h3-10H,2H2,1H3,(H2,21,22,23,24). The minimum absolute atomic E-state index is 0.328. The molecule has 5 nitrogen and oxygen atoms in total. The van der Waals surface area contributed by atoms with Crippen LogP contribution in [0, 0.1) is 0 Å². The van der Waals surface area contributed by atoms with Gasteiger partial charge in [0, 0.05) is 10.7 Å². The molecule has 122 valence electrons. The molecule has 2 aromatic carbocycles. The quantitative estimate of drug-likeness (QED) is 0.653. The van der Waals surface area contributed by atoms with Gasteiger partial charge in [0.25, 0.3) is 0 Å². The molecule has 0 bridgehead atoms. The summed E-state index contributed by atoms with van der Waals surface area (Å²) in [5, 5.41) is 15.2. The molecule has 1 aromatic heterocycles. The van der Waals surface area contributed by atoms with Gasteiger partial charge < -0.3 is 10.6 Å². The third kappa shape index (κ3) is 4.13. The van der Waals surface area contributed by atoms with Gasteiger partial charge in [-0.05, 0) is 42.3 Å². The summed E-state index contributed by atoms with van der Waals surface area (Å²) < 4.78 is 0. The number of aryl methyl sites for hydroxylation is 1. The van der Waals surface area contributed by atoms with Gasteiger partial charge >= 0.3 is 0 Å². The van der Waals surface area contributed by atoms with Crippen molar-refractivity contribution >= 4 is 46.3 Å². The summed E-state index contributed by atoms with van der Waals surface area (Å²) in [6.45, 7) is 2.12. The van der Waals surface area contributed by atoms with Crippen LogP contribution in [0.25, 0.3) is 0 Å². The predicted molar refractivity (Wildman–Crippen MR) is 98.7 cm³/mol. The minimum Gasteiger partial charge on any atom is -0.339 e. The van der Waals surface area contributed by atoms with Crippen molar-refractivity contribution < 1.29 is 0 Å². The first-order valence-electron chi connectivity index (χ1n) is 7.42. The molecule has 2 N–H and O–H groups in total. The Kier molecular flexibility index (Phi) is 5.13. The average Bonchev–Trinajstić information content (AvgIpc) is 2.59. The van der Waals surface area contributed by atoms with Crippen LogP contribution in [-0.4, -0.2) is 15.2 Å². The molecular weight excluding hydrogens is 345 g/mol. The molecule has 7 heteroatoms. The highest BCUT2D eigenvalue weighted by atomic mass is 35.5. The molecule has 0 fully saturated rings. The van der Waals surface area contributed by atoms with E-state index < -0.39 is 0 Å². The largest absolute Gasteiger partial charge is 0.339 e. The molecule has 0 aliphatic carbocycles. The van der Waals surface area contributed by atoms with Crippen LogP contribution in [0.4, 0.5) is 23.1 Å². The average molecular weight is 360 g/mol. The fraction of sp³-hybridized carbons (Fsp3) is 0.118. The lowest BCUT2D eigenvalue weighted by Gasteiger charge is -2.09. The molecule has 0 saturated carbocycles. The van der Waals surface area contributed by atoms with Gasteiger partial charge in [-0.3, -0.25) is 0 Å². The fourth-order valence-corrected chi connectivity index (χ4v) is 2.44. The molecule has 1 heterocycles. The highest BCUT2D eigenvalue weighted by molar-refractivity contribution is 6.35. The summed E-state index contributed by atoms with van der Waals surface area (Å²) in [5.74, 6) is 0.907. The fourth-order valence-electron chi connectivity index (χ4n) is 2.10. The number of rotatable bonds is 5. The summed E-state index contributed by atoms with van der Waals surface area (Å²) in [6.07, 6.45) is 2.56. The maximum absolute atomic E-state index is 6.13. The van der Waals surface area contributed by atoms with Crippen molar-refractivity contribution in [2.24, 2.45) is 0 Å². The van der Waals surface area contributed by atoms with Crippen molar-refractivity contribution in [1.82, 2.24) is 15.2 Å². The normalized spacial score (nSPS) is 10.5. The van der Waals surface area contributed by atoms with E-state index >= 15 is 0 Å². The Morgan fingerprint density at radius 2 is 1.79 bits per heavy atom. The smallest absolute Gasteiger partial charge is 0.249 e. The number of anilines is 4. The Bertz CT molecular complexity index is 837.